The first-order valence-electron chi connectivity index (χ1n) is 9.47. The van der Waals surface area contributed by atoms with Gasteiger partial charge >= 0.3 is 0 Å². The second-order valence-electron chi connectivity index (χ2n) is 6.75. The van der Waals surface area contributed by atoms with E-state index in [1.807, 2.05) is 55.6 Å². The maximum absolute atomic E-state index is 5.95. The Morgan fingerprint density at radius 3 is 2.25 bits per heavy atom. The summed E-state index contributed by atoms with van der Waals surface area (Å²) in [7, 11) is 0. The SMILES string of the molecule is Cc1nc(Oc2ccc(-c3ccccc3)cc2)ccc1CCc1cccnc1. The first-order chi connectivity index (χ1) is 13.8. The fraction of sp³-hybridized carbons (Fsp3) is 0.120. The molecule has 0 fully saturated rings. The molecule has 3 heteroatoms. The van der Waals surface area contributed by atoms with Gasteiger partial charge in [-0.25, -0.2) is 4.98 Å². The summed E-state index contributed by atoms with van der Waals surface area (Å²) in [5.74, 6) is 1.41. The lowest BCUT2D eigenvalue weighted by Gasteiger charge is -2.10. The molecule has 0 radical (unpaired) electrons. The van der Waals surface area contributed by atoms with Gasteiger partial charge in [-0.1, -0.05) is 54.6 Å². The van der Waals surface area contributed by atoms with Gasteiger partial charge in [0.15, 0.2) is 0 Å². The number of ether oxygens (including phenoxy) is 1. The summed E-state index contributed by atoms with van der Waals surface area (Å²) >= 11 is 0. The third-order valence-corrected chi connectivity index (χ3v) is 4.76. The zero-order valence-corrected chi connectivity index (χ0v) is 15.9. The van der Waals surface area contributed by atoms with Gasteiger partial charge in [-0.3, -0.25) is 4.98 Å². The fourth-order valence-corrected chi connectivity index (χ4v) is 3.18. The largest absolute Gasteiger partial charge is 0.439 e. The monoisotopic (exact) mass is 366 g/mol. The van der Waals surface area contributed by atoms with Crippen LogP contribution < -0.4 is 4.74 Å². The number of aromatic nitrogens is 2. The summed E-state index contributed by atoms with van der Waals surface area (Å²) in [6.07, 6.45) is 5.61. The highest BCUT2D eigenvalue weighted by atomic mass is 16.5. The van der Waals surface area contributed by atoms with Crippen molar-refractivity contribution in [3.8, 4) is 22.8 Å². The molecule has 0 saturated heterocycles. The molecule has 0 aliphatic rings. The van der Waals surface area contributed by atoms with Gasteiger partial charge in [0.05, 0.1) is 0 Å². The van der Waals surface area contributed by atoms with E-state index >= 15 is 0 Å². The molecule has 0 bridgehead atoms. The van der Waals surface area contributed by atoms with Crippen molar-refractivity contribution in [2.45, 2.75) is 19.8 Å². The number of hydrogen-bond donors (Lipinski definition) is 0. The van der Waals surface area contributed by atoms with Crippen LogP contribution >= 0.6 is 0 Å². The predicted octanol–water partition coefficient (Wildman–Crippen LogP) is 6.03. The maximum atomic E-state index is 5.95. The zero-order chi connectivity index (χ0) is 19.2. The van der Waals surface area contributed by atoms with Crippen molar-refractivity contribution in [3.05, 3.63) is 108 Å². The van der Waals surface area contributed by atoms with Crippen molar-refractivity contribution in [3.63, 3.8) is 0 Å². The molecule has 0 amide bonds. The molecule has 3 nitrogen and oxygen atoms in total. The normalized spacial score (nSPS) is 10.6. The molecule has 2 aromatic carbocycles. The van der Waals surface area contributed by atoms with Crippen LogP contribution in [0, 0.1) is 6.92 Å². The van der Waals surface area contributed by atoms with E-state index < -0.39 is 0 Å². The van der Waals surface area contributed by atoms with E-state index in [1.165, 1.54) is 22.3 Å². The first-order valence-corrected chi connectivity index (χ1v) is 9.47. The van der Waals surface area contributed by atoms with Crippen molar-refractivity contribution < 1.29 is 4.74 Å². The van der Waals surface area contributed by atoms with Crippen LogP contribution in [0.2, 0.25) is 0 Å². The Morgan fingerprint density at radius 1 is 0.750 bits per heavy atom. The minimum Gasteiger partial charge on any atom is -0.439 e. The maximum Gasteiger partial charge on any atom is 0.219 e. The van der Waals surface area contributed by atoms with Crippen molar-refractivity contribution in [1.82, 2.24) is 9.97 Å². The lowest BCUT2D eigenvalue weighted by atomic mass is 10.0. The van der Waals surface area contributed by atoms with Crippen LogP contribution in [0.3, 0.4) is 0 Å². The smallest absolute Gasteiger partial charge is 0.219 e. The van der Waals surface area contributed by atoms with E-state index in [4.69, 9.17) is 4.74 Å². The fourth-order valence-electron chi connectivity index (χ4n) is 3.18. The lowest BCUT2D eigenvalue weighted by molar-refractivity contribution is 0.461. The Balaban J connectivity index is 1.41. The Labute approximate surface area is 165 Å². The third kappa shape index (κ3) is 4.44. The summed E-state index contributed by atoms with van der Waals surface area (Å²) in [5, 5.41) is 0. The summed E-state index contributed by atoms with van der Waals surface area (Å²) < 4.78 is 5.95. The van der Waals surface area contributed by atoms with Crippen molar-refractivity contribution >= 4 is 0 Å². The molecule has 0 saturated carbocycles. The Kier molecular flexibility index (Phi) is 5.43. The molecule has 138 valence electrons. The Hall–Kier alpha value is -3.46. The molecule has 4 rings (SSSR count). The molecule has 0 spiro atoms. The van der Waals surface area contributed by atoms with Crippen LogP contribution in [0.15, 0.2) is 91.3 Å². The van der Waals surface area contributed by atoms with Crippen LogP contribution in [0.4, 0.5) is 0 Å². The second kappa shape index (κ2) is 8.49. The van der Waals surface area contributed by atoms with Gasteiger partial charge in [-0.15, -0.1) is 0 Å². The molecule has 0 atom stereocenters. The van der Waals surface area contributed by atoms with Crippen molar-refractivity contribution in [1.29, 1.82) is 0 Å². The van der Waals surface area contributed by atoms with Gasteiger partial charge in [0, 0.05) is 24.2 Å². The van der Waals surface area contributed by atoms with Gasteiger partial charge in [0.1, 0.15) is 5.75 Å². The summed E-state index contributed by atoms with van der Waals surface area (Å²) in [6.45, 7) is 2.03. The Bertz CT molecular complexity index is 1030. The van der Waals surface area contributed by atoms with Crippen LogP contribution in [-0.2, 0) is 12.8 Å². The molecule has 2 heterocycles. The van der Waals surface area contributed by atoms with E-state index in [1.54, 1.807) is 6.20 Å². The van der Waals surface area contributed by atoms with E-state index in [-0.39, 0.29) is 0 Å². The molecule has 0 aliphatic carbocycles. The number of hydrogen-bond acceptors (Lipinski definition) is 3. The minimum absolute atomic E-state index is 0.620. The highest BCUT2D eigenvalue weighted by molar-refractivity contribution is 5.64. The standard InChI is InChI=1S/C25H22N2O/c1-19-21(10-9-20-6-5-17-26-18-20)13-16-25(27-19)28-24-14-11-23(12-15-24)22-7-3-2-4-8-22/h2-8,11-18H,9-10H2,1H3. The number of nitrogens with zero attached hydrogens (tertiary/aromatic N) is 2. The molecule has 4 aromatic rings. The molecular formula is C25H22N2O. The summed E-state index contributed by atoms with van der Waals surface area (Å²) in [4.78, 5) is 8.79. The van der Waals surface area contributed by atoms with Crippen molar-refractivity contribution in [2.24, 2.45) is 0 Å². The van der Waals surface area contributed by atoms with E-state index in [9.17, 15) is 0 Å². The quantitative estimate of drug-likeness (QED) is 0.418. The molecular weight excluding hydrogens is 344 g/mol. The average Bonchev–Trinajstić information content (AvgIpc) is 2.75. The predicted molar refractivity (Wildman–Crippen MR) is 113 cm³/mol. The molecule has 0 aliphatic heterocycles. The molecule has 2 aromatic heterocycles. The summed E-state index contributed by atoms with van der Waals surface area (Å²) in [6, 6.07) is 26.5. The highest BCUT2D eigenvalue weighted by Gasteiger charge is 2.05. The van der Waals surface area contributed by atoms with Crippen molar-refractivity contribution in [2.75, 3.05) is 0 Å². The molecule has 28 heavy (non-hydrogen) atoms. The van der Waals surface area contributed by atoms with E-state index in [0.717, 1.165) is 24.3 Å². The number of rotatable bonds is 6. The second-order valence-corrected chi connectivity index (χ2v) is 6.75. The van der Waals surface area contributed by atoms with Crippen LogP contribution in [-0.4, -0.2) is 9.97 Å². The van der Waals surface area contributed by atoms with E-state index in [0.29, 0.717) is 5.88 Å². The van der Waals surface area contributed by atoms with Crippen LogP contribution in [0.5, 0.6) is 11.6 Å². The summed E-state index contributed by atoms with van der Waals surface area (Å²) in [5.41, 5.74) is 5.84. The molecule has 0 N–H and O–H groups in total. The first kappa shape index (κ1) is 17.9. The van der Waals surface area contributed by atoms with Gasteiger partial charge < -0.3 is 4.74 Å². The van der Waals surface area contributed by atoms with E-state index in [2.05, 4.69) is 46.4 Å². The van der Waals surface area contributed by atoms with Crippen LogP contribution in [0.25, 0.3) is 11.1 Å². The third-order valence-electron chi connectivity index (χ3n) is 4.76. The minimum atomic E-state index is 0.620. The van der Waals surface area contributed by atoms with Gasteiger partial charge in [0.25, 0.3) is 0 Å². The highest BCUT2D eigenvalue weighted by Crippen LogP contribution is 2.25. The molecule has 0 unspecified atom stereocenters. The number of benzene rings is 2. The average molecular weight is 366 g/mol. The van der Waals surface area contributed by atoms with Gasteiger partial charge in [-0.2, -0.15) is 0 Å². The lowest BCUT2D eigenvalue weighted by Crippen LogP contribution is -1.98. The topological polar surface area (TPSA) is 35.0 Å². The van der Waals surface area contributed by atoms with Gasteiger partial charge in [0.2, 0.25) is 5.88 Å². The zero-order valence-electron chi connectivity index (χ0n) is 15.9. The number of pyridine rings is 2. The Morgan fingerprint density at radius 2 is 1.54 bits per heavy atom. The van der Waals surface area contributed by atoms with Crippen LogP contribution in [0.1, 0.15) is 16.8 Å². The number of aryl methyl sites for hydroxylation is 3. The van der Waals surface area contributed by atoms with Gasteiger partial charge in [-0.05, 0) is 60.2 Å².